The summed E-state index contributed by atoms with van der Waals surface area (Å²) in [5.41, 5.74) is 4.13. The third-order valence-electron chi connectivity index (χ3n) is 5.74. The predicted octanol–water partition coefficient (Wildman–Crippen LogP) is 2.36. The van der Waals surface area contributed by atoms with Crippen molar-refractivity contribution >= 4 is 70.0 Å². The Morgan fingerprint density at radius 2 is 2.07 bits per heavy atom. The summed E-state index contributed by atoms with van der Waals surface area (Å²) in [5, 5.41) is 10.6. The first-order valence-electron chi connectivity index (χ1n) is 12.8. The van der Waals surface area contributed by atoms with Gasteiger partial charge in [0.1, 0.15) is 18.2 Å². The standard InChI is InChI=1S/C23H35ClFN6O8PS2/c1-11(2)38-18(34)12(3)30-40(41,36-7-8-42-20(35)22(4,5)6)37-9-13-15(32)23(24,25)19(39-13)31-10-27-14-16(31)28-21(26)29-17(14)33/h10-13,15,19,32H,7-9H2,1-6H3,(H,30,41)(H3,26,28,29,33)/t12-,13-,15-,19-,23-,40+/m1/s1. The van der Waals surface area contributed by atoms with Crippen LogP contribution in [0.5, 0.6) is 0 Å². The van der Waals surface area contributed by atoms with Crippen LogP contribution in [-0.4, -0.2) is 84.2 Å². The Bertz CT molecular complexity index is 1400. The molecule has 0 unspecified atom stereocenters. The molecule has 1 saturated heterocycles. The lowest BCUT2D eigenvalue weighted by Crippen LogP contribution is -2.39. The van der Waals surface area contributed by atoms with Crippen molar-refractivity contribution < 1.29 is 37.6 Å². The van der Waals surface area contributed by atoms with Crippen LogP contribution in [0.2, 0.25) is 0 Å². The van der Waals surface area contributed by atoms with E-state index in [0.717, 1.165) is 22.7 Å². The second-order valence-electron chi connectivity index (χ2n) is 10.8. The first-order chi connectivity index (χ1) is 19.4. The Morgan fingerprint density at radius 3 is 2.69 bits per heavy atom. The van der Waals surface area contributed by atoms with Gasteiger partial charge in [0.25, 0.3) is 17.3 Å². The summed E-state index contributed by atoms with van der Waals surface area (Å²) in [6, 6.07) is -0.954. The molecule has 2 aromatic heterocycles. The summed E-state index contributed by atoms with van der Waals surface area (Å²) in [4.78, 5) is 47.0. The average molecular weight is 673 g/mol. The molecule has 1 fully saturated rings. The Morgan fingerprint density at radius 1 is 1.40 bits per heavy atom. The molecule has 0 spiro atoms. The van der Waals surface area contributed by atoms with Crippen LogP contribution in [0.15, 0.2) is 11.1 Å². The molecule has 19 heteroatoms. The molecule has 42 heavy (non-hydrogen) atoms. The lowest BCUT2D eigenvalue weighted by molar-refractivity contribution is -0.149. The molecule has 0 saturated carbocycles. The number of aromatic amines is 1. The van der Waals surface area contributed by atoms with Gasteiger partial charge in [-0.25, -0.2) is 14.5 Å². The first-order valence-corrected chi connectivity index (χ1v) is 16.8. The molecule has 0 aliphatic carbocycles. The number of aliphatic hydroxyl groups excluding tert-OH is 1. The summed E-state index contributed by atoms with van der Waals surface area (Å²) in [6.07, 6.45) is -4.31. The molecular weight excluding hydrogens is 638 g/mol. The number of aliphatic hydroxyl groups is 1. The predicted molar refractivity (Wildman–Crippen MR) is 159 cm³/mol. The monoisotopic (exact) mass is 672 g/mol. The fourth-order valence-electron chi connectivity index (χ4n) is 3.64. The molecule has 1 aliphatic rings. The molecule has 3 heterocycles. The number of rotatable bonds is 12. The number of nitrogens with zero attached hydrogens (tertiary/aromatic N) is 3. The molecule has 0 radical (unpaired) electrons. The zero-order chi connectivity index (χ0) is 31.6. The molecule has 0 amide bonds. The van der Waals surface area contributed by atoms with Gasteiger partial charge >= 0.3 is 5.97 Å². The second-order valence-corrected chi connectivity index (χ2v) is 15.6. The minimum absolute atomic E-state index is 0.0232. The van der Waals surface area contributed by atoms with Gasteiger partial charge in [-0.1, -0.05) is 44.1 Å². The van der Waals surface area contributed by atoms with Crippen LogP contribution in [0.3, 0.4) is 0 Å². The molecule has 2 aromatic rings. The van der Waals surface area contributed by atoms with Gasteiger partial charge in [-0.3, -0.25) is 23.9 Å². The highest BCUT2D eigenvalue weighted by Gasteiger charge is 2.58. The number of nitrogens with one attached hydrogen (secondary N) is 2. The fourth-order valence-corrected chi connectivity index (χ4v) is 7.20. The van der Waals surface area contributed by atoms with Crippen molar-refractivity contribution in [2.75, 3.05) is 24.7 Å². The maximum atomic E-state index is 15.7. The minimum Gasteiger partial charge on any atom is -0.462 e. The number of carbonyl (C=O) groups excluding carboxylic acids is 2. The van der Waals surface area contributed by atoms with Gasteiger partial charge < -0.3 is 29.4 Å². The highest BCUT2D eigenvalue weighted by molar-refractivity contribution is 8.13. The smallest absolute Gasteiger partial charge is 0.323 e. The number of fused-ring (bicyclic) bond motifs is 1. The normalized spacial score (nSPS) is 25.0. The van der Waals surface area contributed by atoms with E-state index in [1.54, 1.807) is 34.6 Å². The van der Waals surface area contributed by atoms with Crippen LogP contribution < -0.4 is 16.4 Å². The zero-order valence-corrected chi connectivity index (χ0v) is 27.1. The van der Waals surface area contributed by atoms with Crippen molar-refractivity contribution in [3.63, 3.8) is 0 Å². The average Bonchev–Trinajstić information content (AvgIpc) is 3.37. The minimum atomic E-state index is -3.52. The fraction of sp³-hybridized carbons (Fsp3) is 0.696. The van der Waals surface area contributed by atoms with E-state index in [1.807, 2.05) is 0 Å². The molecule has 0 bridgehead atoms. The van der Waals surface area contributed by atoms with Crippen molar-refractivity contribution in [1.29, 1.82) is 0 Å². The van der Waals surface area contributed by atoms with Crippen molar-refractivity contribution in [3.05, 3.63) is 16.7 Å². The lowest BCUT2D eigenvalue weighted by Gasteiger charge is -2.28. The quantitative estimate of drug-likeness (QED) is 0.111. The number of carbonyl (C=O) groups is 2. The van der Waals surface area contributed by atoms with Crippen LogP contribution >= 0.6 is 30.0 Å². The van der Waals surface area contributed by atoms with E-state index < -0.39 is 59.8 Å². The van der Waals surface area contributed by atoms with Gasteiger partial charge in [0.05, 0.1) is 25.6 Å². The van der Waals surface area contributed by atoms with Gasteiger partial charge in [-0.05, 0) is 32.6 Å². The highest BCUT2D eigenvalue weighted by atomic mass is 35.5. The van der Waals surface area contributed by atoms with Crippen LogP contribution in [0.4, 0.5) is 10.3 Å². The Labute approximate surface area is 255 Å². The number of imidazole rings is 1. The topological polar surface area (TPSA) is 193 Å². The largest absolute Gasteiger partial charge is 0.462 e. The number of hydrogen-bond acceptors (Lipinski definition) is 13. The lowest BCUT2D eigenvalue weighted by atomic mass is 10.00. The van der Waals surface area contributed by atoms with E-state index in [4.69, 9.17) is 47.7 Å². The van der Waals surface area contributed by atoms with Crippen LogP contribution in [-0.2, 0) is 39.9 Å². The number of aromatic nitrogens is 4. The van der Waals surface area contributed by atoms with Crippen LogP contribution in [0, 0.1) is 5.41 Å². The number of H-pyrrole nitrogens is 1. The highest BCUT2D eigenvalue weighted by Crippen LogP contribution is 2.49. The molecule has 3 rings (SSSR count). The number of thioether (sulfide) groups is 1. The van der Waals surface area contributed by atoms with Gasteiger partial charge in [-0.15, -0.1) is 0 Å². The summed E-state index contributed by atoms with van der Waals surface area (Å²) in [6.45, 7) is 6.19. The van der Waals surface area contributed by atoms with Crippen LogP contribution in [0.1, 0.15) is 47.8 Å². The van der Waals surface area contributed by atoms with Crippen molar-refractivity contribution in [3.8, 4) is 0 Å². The van der Waals surface area contributed by atoms with Gasteiger partial charge in [0.15, 0.2) is 22.5 Å². The number of halogens is 2. The van der Waals surface area contributed by atoms with Crippen LogP contribution in [0.25, 0.3) is 11.2 Å². The SMILES string of the molecule is CC(C)OC(=O)[C@@H](C)N[P@](=S)(OCCSC(=O)C(C)(C)C)OC[C@H]1O[C@@H](n2cnc3c(=O)[nH]c(N)nc32)[C@@](F)(Cl)[C@@H]1O. The summed E-state index contributed by atoms with van der Waals surface area (Å²) in [7, 11) is 0. The van der Waals surface area contributed by atoms with Crippen molar-refractivity contribution in [2.24, 2.45) is 5.41 Å². The number of nitrogen functional groups attached to an aromatic ring is 1. The van der Waals surface area contributed by atoms with Crippen molar-refractivity contribution in [2.45, 2.75) is 77.3 Å². The number of nitrogens with two attached hydrogens (primary N) is 1. The molecule has 5 N–H and O–H groups in total. The van der Waals surface area contributed by atoms with Gasteiger partial charge in [0, 0.05) is 11.2 Å². The molecule has 236 valence electrons. The first kappa shape index (κ1) is 34.8. The third-order valence-corrected chi connectivity index (χ3v) is 10.1. The van der Waals surface area contributed by atoms with E-state index in [1.165, 1.54) is 6.92 Å². The number of anilines is 1. The van der Waals surface area contributed by atoms with E-state index >= 15 is 4.39 Å². The van der Waals surface area contributed by atoms with E-state index in [9.17, 15) is 19.5 Å². The molecule has 14 nitrogen and oxygen atoms in total. The van der Waals surface area contributed by atoms with E-state index in [0.29, 0.717) is 0 Å². The number of esters is 1. The van der Waals surface area contributed by atoms with E-state index in [-0.39, 0.29) is 40.7 Å². The zero-order valence-electron chi connectivity index (χ0n) is 23.8. The third kappa shape index (κ3) is 8.27. The summed E-state index contributed by atoms with van der Waals surface area (Å²) in [5.74, 6) is -0.617. The summed E-state index contributed by atoms with van der Waals surface area (Å²) >= 11 is 12.8. The number of alkyl halides is 2. The molecular formula is C23H35ClFN6O8PS2. The Hall–Kier alpha value is -1.69. The summed E-state index contributed by atoms with van der Waals surface area (Å²) < 4.78 is 39.3. The molecule has 1 aliphatic heterocycles. The maximum absolute atomic E-state index is 15.7. The van der Waals surface area contributed by atoms with Gasteiger partial charge in [-0.2, -0.15) is 4.98 Å². The van der Waals surface area contributed by atoms with Gasteiger partial charge in [0.2, 0.25) is 5.95 Å². The second kappa shape index (κ2) is 13.5. The molecule has 6 atom stereocenters. The van der Waals surface area contributed by atoms with E-state index in [2.05, 4.69) is 20.0 Å². The maximum Gasteiger partial charge on any atom is 0.323 e. The molecule has 0 aromatic carbocycles. The Balaban J connectivity index is 1.77. The number of hydrogen-bond donors (Lipinski definition) is 4. The number of ether oxygens (including phenoxy) is 2. The Kier molecular flexibility index (Phi) is 11.2. The van der Waals surface area contributed by atoms with Crippen molar-refractivity contribution in [1.82, 2.24) is 24.6 Å².